The van der Waals surface area contributed by atoms with Crippen LogP contribution in [-0.2, 0) is 0 Å². The Hall–Kier alpha value is -2.40. The largest absolute Gasteiger partial charge is 0.491 e. The van der Waals surface area contributed by atoms with E-state index in [1.54, 1.807) is 6.07 Å². The van der Waals surface area contributed by atoms with Gasteiger partial charge in [-0.1, -0.05) is 12.1 Å². The lowest BCUT2D eigenvalue weighted by molar-refractivity contribution is 0.0625. The maximum atomic E-state index is 13.6. The van der Waals surface area contributed by atoms with Gasteiger partial charge < -0.3 is 14.6 Å². The molecule has 0 saturated heterocycles. The Morgan fingerprint density at radius 2 is 1.78 bits per heavy atom. The van der Waals surface area contributed by atoms with Crippen LogP contribution in [-0.4, -0.2) is 30.2 Å². The van der Waals surface area contributed by atoms with Crippen LogP contribution in [0.3, 0.4) is 0 Å². The van der Waals surface area contributed by atoms with Crippen molar-refractivity contribution in [2.45, 2.75) is 20.0 Å². The number of ether oxygens (including phenoxy) is 2. The molecule has 122 valence electrons. The molecule has 0 aliphatic carbocycles. The van der Waals surface area contributed by atoms with Crippen LogP contribution >= 0.6 is 0 Å². The average molecular weight is 318 g/mol. The maximum absolute atomic E-state index is 13.6. The molecule has 2 rings (SSSR count). The number of carbonyl (C=O) groups is 1. The van der Waals surface area contributed by atoms with Crippen molar-refractivity contribution in [1.29, 1.82) is 0 Å². The van der Waals surface area contributed by atoms with Gasteiger partial charge in [0.25, 0.3) is 0 Å². The van der Waals surface area contributed by atoms with Crippen LogP contribution in [0.4, 0.5) is 4.39 Å². The van der Waals surface area contributed by atoms with E-state index in [4.69, 9.17) is 9.47 Å². The normalized spacial score (nSPS) is 11.8. The van der Waals surface area contributed by atoms with E-state index in [1.165, 1.54) is 19.1 Å². The Morgan fingerprint density at radius 1 is 1.13 bits per heavy atom. The summed E-state index contributed by atoms with van der Waals surface area (Å²) in [4.78, 5) is 11.2. The van der Waals surface area contributed by atoms with E-state index in [-0.39, 0.29) is 30.3 Å². The second-order valence-electron chi connectivity index (χ2n) is 5.29. The second kappa shape index (κ2) is 7.74. The van der Waals surface area contributed by atoms with Gasteiger partial charge in [-0.25, -0.2) is 4.39 Å². The zero-order valence-corrected chi connectivity index (χ0v) is 13.1. The van der Waals surface area contributed by atoms with Gasteiger partial charge in [0.15, 0.2) is 5.78 Å². The van der Waals surface area contributed by atoms with Crippen LogP contribution in [0, 0.1) is 12.7 Å². The minimum absolute atomic E-state index is 0.0145. The summed E-state index contributed by atoms with van der Waals surface area (Å²) in [5.41, 5.74) is 1.08. The molecule has 0 radical (unpaired) electrons. The van der Waals surface area contributed by atoms with Crippen LogP contribution < -0.4 is 9.47 Å². The lowest BCUT2D eigenvalue weighted by atomic mass is 10.1. The number of aryl methyl sites for hydroxylation is 1. The number of halogens is 1. The topological polar surface area (TPSA) is 55.8 Å². The summed E-state index contributed by atoms with van der Waals surface area (Å²) >= 11 is 0. The molecule has 0 heterocycles. The fourth-order valence-corrected chi connectivity index (χ4v) is 2.01. The molecule has 2 aromatic carbocycles. The zero-order chi connectivity index (χ0) is 16.8. The number of hydrogen-bond acceptors (Lipinski definition) is 4. The molecule has 0 aliphatic heterocycles. The van der Waals surface area contributed by atoms with Gasteiger partial charge in [0.05, 0.1) is 5.56 Å². The predicted molar refractivity (Wildman–Crippen MR) is 84.6 cm³/mol. The maximum Gasteiger partial charge on any atom is 0.162 e. The van der Waals surface area contributed by atoms with Gasteiger partial charge >= 0.3 is 0 Å². The van der Waals surface area contributed by atoms with E-state index in [0.717, 1.165) is 11.6 Å². The summed E-state index contributed by atoms with van der Waals surface area (Å²) in [6.45, 7) is 3.28. The highest BCUT2D eigenvalue weighted by molar-refractivity contribution is 5.94. The summed E-state index contributed by atoms with van der Waals surface area (Å²) in [7, 11) is 0. The Labute approximate surface area is 134 Å². The van der Waals surface area contributed by atoms with Crippen LogP contribution in [0.2, 0.25) is 0 Å². The van der Waals surface area contributed by atoms with Gasteiger partial charge in [0.1, 0.15) is 36.6 Å². The molecule has 4 nitrogen and oxygen atoms in total. The summed E-state index contributed by atoms with van der Waals surface area (Å²) < 4.78 is 24.4. The lowest BCUT2D eigenvalue weighted by Crippen LogP contribution is -2.25. The molecule has 1 unspecified atom stereocenters. The summed E-state index contributed by atoms with van der Waals surface area (Å²) in [6.07, 6.45) is -0.856. The number of benzene rings is 2. The van der Waals surface area contributed by atoms with Crippen molar-refractivity contribution >= 4 is 5.78 Å². The van der Waals surface area contributed by atoms with E-state index in [1.807, 2.05) is 25.1 Å². The zero-order valence-electron chi connectivity index (χ0n) is 13.1. The van der Waals surface area contributed by atoms with Gasteiger partial charge in [-0.2, -0.15) is 0 Å². The van der Waals surface area contributed by atoms with Gasteiger partial charge in [0.2, 0.25) is 0 Å². The highest BCUT2D eigenvalue weighted by Crippen LogP contribution is 2.17. The number of aliphatic hydroxyl groups excluding tert-OH is 1. The van der Waals surface area contributed by atoms with Gasteiger partial charge in [-0.05, 0) is 43.7 Å². The molecule has 0 amide bonds. The fraction of sp³-hybridized carbons (Fsp3) is 0.278. The third-order valence-electron chi connectivity index (χ3n) is 3.19. The van der Waals surface area contributed by atoms with E-state index >= 15 is 0 Å². The van der Waals surface area contributed by atoms with E-state index < -0.39 is 11.9 Å². The minimum Gasteiger partial charge on any atom is -0.491 e. The first-order chi connectivity index (χ1) is 11.0. The van der Waals surface area contributed by atoms with Gasteiger partial charge in [-0.15, -0.1) is 0 Å². The van der Waals surface area contributed by atoms with Crippen molar-refractivity contribution in [2.75, 3.05) is 13.2 Å². The lowest BCUT2D eigenvalue weighted by Gasteiger charge is -2.14. The van der Waals surface area contributed by atoms with Crippen molar-refractivity contribution in [3.63, 3.8) is 0 Å². The Balaban J connectivity index is 1.83. The van der Waals surface area contributed by atoms with Crippen molar-refractivity contribution in [2.24, 2.45) is 0 Å². The molecular formula is C18H19FO4. The van der Waals surface area contributed by atoms with Crippen LogP contribution in [0.1, 0.15) is 22.8 Å². The molecule has 5 heteroatoms. The number of hydrogen-bond donors (Lipinski definition) is 1. The number of ketones is 1. The van der Waals surface area contributed by atoms with Crippen molar-refractivity contribution in [3.05, 3.63) is 59.4 Å². The molecule has 2 aromatic rings. The summed E-state index contributed by atoms with van der Waals surface area (Å²) in [5.74, 6) is -0.0656. The van der Waals surface area contributed by atoms with Crippen molar-refractivity contribution in [3.8, 4) is 11.5 Å². The Morgan fingerprint density at radius 3 is 2.35 bits per heavy atom. The van der Waals surface area contributed by atoms with E-state index in [2.05, 4.69) is 0 Å². The van der Waals surface area contributed by atoms with Gasteiger partial charge in [-0.3, -0.25) is 4.79 Å². The molecule has 0 spiro atoms. The smallest absolute Gasteiger partial charge is 0.162 e. The van der Waals surface area contributed by atoms with Crippen molar-refractivity contribution < 1.29 is 23.8 Å². The quantitative estimate of drug-likeness (QED) is 0.797. The second-order valence-corrected chi connectivity index (χ2v) is 5.29. The monoisotopic (exact) mass is 318 g/mol. The fourth-order valence-electron chi connectivity index (χ4n) is 2.01. The molecule has 0 aromatic heterocycles. The Bertz CT molecular complexity index is 684. The molecular weight excluding hydrogens is 299 g/mol. The Kier molecular flexibility index (Phi) is 5.71. The number of aliphatic hydroxyl groups is 1. The summed E-state index contributed by atoms with van der Waals surface area (Å²) in [6, 6.07) is 11.5. The van der Waals surface area contributed by atoms with Gasteiger partial charge in [0, 0.05) is 6.07 Å². The predicted octanol–water partition coefficient (Wildman–Crippen LogP) is 3.16. The molecule has 1 N–H and O–H groups in total. The minimum atomic E-state index is -0.856. The molecule has 0 aliphatic rings. The number of Topliss-reactive ketones (excluding diaryl/α,β-unsaturated/α-hetero) is 1. The SMILES string of the molecule is CC(=O)c1ccc(OCC(O)COc2cccc(C)c2)cc1F. The molecule has 23 heavy (non-hydrogen) atoms. The van der Waals surface area contributed by atoms with E-state index in [0.29, 0.717) is 5.75 Å². The van der Waals surface area contributed by atoms with E-state index in [9.17, 15) is 14.3 Å². The highest BCUT2D eigenvalue weighted by atomic mass is 19.1. The third kappa shape index (κ3) is 5.07. The summed E-state index contributed by atoms with van der Waals surface area (Å²) in [5, 5.41) is 9.86. The van der Waals surface area contributed by atoms with Crippen LogP contribution in [0.25, 0.3) is 0 Å². The highest BCUT2D eigenvalue weighted by Gasteiger charge is 2.10. The first-order valence-electron chi connectivity index (χ1n) is 7.26. The first kappa shape index (κ1) is 17.0. The van der Waals surface area contributed by atoms with Crippen LogP contribution in [0.15, 0.2) is 42.5 Å². The van der Waals surface area contributed by atoms with Crippen molar-refractivity contribution in [1.82, 2.24) is 0 Å². The number of carbonyl (C=O) groups excluding carboxylic acids is 1. The molecule has 0 fully saturated rings. The standard InChI is InChI=1S/C18H19FO4/c1-12-4-3-5-15(8-12)22-10-14(21)11-23-16-6-7-17(13(2)20)18(19)9-16/h3-9,14,21H,10-11H2,1-2H3. The first-order valence-corrected chi connectivity index (χ1v) is 7.26. The van der Waals surface area contributed by atoms with Crippen LogP contribution in [0.5, 0.6) is 11.5 Å². The average Bonchev–Trinajstić information content (AvgIpc) is 2.50. The molecule has 1 atom stereocenters. The molecule has 0 bridgehead atoms. The number of rotatable bonds is 7. The molecule has 0 saturated carbocycles. The third-order valence-corrected chi connectivity index (χ3v) is 3.19.